The lowest BCUT2D eigenvalue weighted by Crippen LogP contribution is -2.59. The topological polar surface area (TPSA) is 174 Å². The third-order valence-corrected chi connectivity index (χ3v) is 10.2. The molecule has 6 rings (SSSR count). The fraction of sp³-hybridized carbons (Fsp3) is 0.442. The number of amides is 4. The third kappa shape index (κ3) is 10.1. The molecule has 3 N–H and O–H groups in total. The zero-order chi connectivity index (χ0) is 40.7. The summed E-state index contributed by atoms with van der Waals surface area (Å²) >= 11 is 0. The van der Waals surface area contributed by atoms with Crippen molar-refractivity contribution < 1.29 is 43.0 Å². The highest BCUT2D eigenvalue weighted by atomic mass is 16.7. The Morgan fingerprint density at radius 1 is 0.930 bits per heavy atom. The molecule has 0 bridgehead atoms. The lowest BCUT2D eigenvalue weighted by atomic mass is 9.85. The van der Waals surface area contributed by atoms with Crippen molar-refractivity contribution in [2.24, 2.45) is 10.6 Å². The minimum Gasteiger partial charge on any atom is -0.497 e. The van der Waals surface area contributed by atoms with Crippen molar-refractivity contribution in [1.82, 2.24) is 20.9 Å². The number of methoxy groups -OCH3 is 1. The van der Waals surface area contributed by atoms with E-state index >= 15 is 0 Å². The van der Waals surface area contributed by atoms with Crippen LogP contribution in [-0.2, 0) is 35.4 Å². The smallest absolute Gasteiger partial charge is 0.408 e. The number of ether oxygens (including phenoxy) is 3. The largest absolute Gasteiger partial charge is 0.497 e. The van der Waals surface area contributed by atoms with E-state index in [4.69, 9.17) is 19.0 Å². The van der Waals surface area contributed by atoms with Crippen molar-refractivity contribution in [3.05, 3.63) is 90.0 Å². The number of hydrogen-bond acceptors (Lipinski definition) is 10. The molecule has 14 heteroatoms. The van der Waals surface area contributed by atoms with Crippen LogP contribution in [0.5, 0.6) is 17.2 Å². The number of hydrogen-bond donors (Lipinski definition) is 3. The molecular weight excluding hydrogens is 730 g/mol. The molecule has 0 unspecified atom stereocenters. The van der Waals surface area contributed by atoms with Gasteiger partial charge < -0.3 is 39.9 Å². The van der Waals surface area contributed by atoms with Gasteiger partial charge >= 0.3 is 6.09 Å². The minimum atomic E-state index is -1.14. The monoisotopic (exact) mass is 781 g/mol. The van der Waals surface area contributed by atoms with Gasteiger partial charge in [-0.05, 0) is 66.6 Å². The number of carbonyl (C=O) groups is 5. The molecule has 1 saturated heterocycles. The molecule has 4 atom stereocenters. The van der Waals surface area contributed by atoms with Gasteiger partial charge in [-0.3, -0.25) is 19.2 Å². The number of para-hydroxylation sites is 1. The second-order valence-electron chi connectivity index (χ2n) is 15.9. The Kier molecular flexibility index (Phi) is 12.5. The molecule has 302 valence electrons. The van der Waals surface area contributed by atoms with E-state index in [1.54, 1.807) is 52.1 Å². The normalized spacial score (nSPS) is 19.8. The quantitative estimate of drug-likeness (QED) is 0.170. The van der Waals surface area contributed by atoms with E-state index in [2.05, 4.69) is 21.1 Å². The standard InChI is InChI=1S/C43H51N5O9/c1-6-12-32(36(49)39(51)44-28-17-18-28)45-38(50)34-24-43(23-33(47-57-43)31-15-10-11-16-35(31)56-30-21-19-29(54-5)20-22-30)26-48(34)40(52)37(42(2,3)4)46-41(53)55-25-27-13-8-7-9-14-27/h7-11,13-16,19-22,28,32,34,37H,6,12,17-18,23-26H2,1-5H3,(H,44,51)(H,45,50)(H,46,53)/t32-,34-,37+,43+/m0/s1. The number of rotatable bonds is 15. The first-order valence-corrected chi connectivity index (χ1v) is 19.4. The Labute approximate surface area is 332 Å². The molecule has 2 fully saturated rings. The van der Waals surface area contributed by atoms with E-state index in [1.165, 1.54) is 4.90 Å². The van der Waals surface area contributed by atoms with Crippen LogP contribution < -0.4 is 25.4 Å². The maximum Gasteiger partial charge on any atom is 0.408 e. The Morgan fingerprint density at radius 3 is 2.28 bits per heavy atom. The average Bonchev–Trinajstić information content (AvgIpc) is 3.80. The Hall–Kier alpha value is -5.92. The Bertz CT molecular complexity index is 1980. The molecule has 14 nitrogen and oxygen atoms in total. The van der Waals surface area contributed by atoms with Crippen LogP contribution >= 0.6 is 0 Å². The maximum absolute atomic E-state index is 14.7. The first-order chi connectivity index (χ1) is 27.3. The van der Waals surface area contributed by atoms with Crippen LogP contribution in [0, 0.1) is 5.41 Å². The first kappa shape index (κ1) is 40.7. The van der Waals surface area contributed by atoms with Gasteiger partial charge in [-0.25, -0.2) is 4.79 Å². The number of oxime groups is 1. The van der Waals surface area contributed by atoms with Crippen molar-refractivity contribution in [2.75, 3.05) is 13.7 Å². The van der Waals surface area contributed by atoms with Gasteiger partial charge in [0.1, 0.15) is 35.9 Å². The molecule has 3 aromatic rings. The fourth-order valence-corrected chi connectivity index (χ4v) is 7.00. The molecule has 1 spiro atoms. The summed E-state index contributed by atoms with van der Waals surface area (Å²) < 4.78 is 17.0. The molecule has 3 aliphatic rings. The van der Waals surface area contributed by atoms with E-state index in [1.807, 2.05) is 61.5 Å². The fourth-order valence-electron chi connectivity index (χ4n) is 7.00. The zero-order valence-electron chi connectivity index (χ0n) is 33.0. The Morgan fingerprint density at radius 2 is 1.61 bits per heavy atom. The van der Waals surface area contributed by atoms with Crippen molar-refractivity contribution in [3.63, 3.8) is 0 Å². The van der Waals surface area contributed by atoms with Gasteiger partial charge in [0.25, 0.3) is 5.91 Å². The van der Waals surface area contributed by atoms with Crippen molar-refractivity contribution >= 4 is 35.3 Å². The number of carbonyl (C=O) groups excluding carboxylic acids is 5. The number of nitrogens with one attached hydrogen (secondary N) is 3. The average molecular weight is 782 g/mol. The summed E-state index contributed by atoms with van der Waals surface area (Å²) in [6, 6.07) is 20.3. The highest BCUT2D eigenvalue weighted by Gasteiger charge is 2.56. The molecule has 2 heterocycles. The maximum atomic E-state index is 14.7. The van der Waals surface area contributed by atoms with Crippen molar-refractivity contribution in [3.8, 4) is 17.2 Å². The van der Waals surface area contributed by atoms with Crippen molar-refractivity contribution in [2.45, 2.75) is 103 Å². The Balaban J connectivity index is 1.25. The molecule has 4 amide bonds. The van der Waals surface area contributed by atoms with Crippen LogP contribution in [0.25, 0.3) is 0 Å². The van der Waals surface area contributed by atoms with Gasteiger partial charge in [-0.1, -0.05) is 81.7 Å². The minimum absolute atomic E-state index is 0.00559. The predicted octanol–water partition coefficient (Wildman–Crippen LogP) is 5.43. The second-order valence-corrected chi connectivity index (χ2v) is 15.9. The summed E-state index contributed by atoms with van der Waals surface area (Å²) in [5, 5.41) is 12.7. The third-order valence-electron chi connectivity index (χ3n) is 10.2. The van der Waals surface area contributed by atoms with E-state index < -0.39 is 58.7 Å². The zero-order valence-corrected chi connectivity index (χ0v) is 33.0. The van der Waals surface area contributed by atoms with Crippen LogP contribution in [0.4, 0.5) is 4.79 Å². The first-order valence-electron chi connectivity index (χ1n) is 19.4. The molecule has 2 aliphatic heterocycles. The van der Waals surface area contributed by atoms with Gasteiger partial charge in [0.05, 0.1) is 25.4 Å². The van der Waals surface area contributed by atoms with Gasteiger partial charge in [-0.15, -0.1) is 0 Å². The molecule has 0 aromatic heterocycles. The van der Waals surface area contributed by atoms with Crippen LogP contribution in [0.3, 0.4) is 0 Å². The van der Waals surface area contributed by atoms with Gasteiger partial charge in [0, 0.05) is 24.4 Å². The number of Topliss-reactive ketones (excluding diaryl/α,β-unsaturated/α-hetero) is 1. The highest BCUT2D eigenvalue weighted by Crippen LogP contribution is 2.41. The van der Waals surface area contributed by atoms with Crippen molar-refractivity contribution in [1.29, 1.82) is 0 Å². The van der Waals surface area contributed by atoms with Crippen LogP contribution in [0.2, 0.25) is 0 Å². The summed E-state index contributed by atoms with van der Waals surface area (Å²) in [5.74, 6) is -0.854. The van der Waals surface area contributed by atoms with Gasteiger partial charge in [0.15, 0.2) is 5.60 Å². The van der Waals surface area contributed by atoms with E-state index in [0.717, 1.165) is 18.4 Å². The number of alkyl carbamates (subject to hydrolysis) is 1. The van der Waals surface area contributed by atoms with E-state index in [9.17, 15) is 24.0 Å². The summed E-state index contributed by atoms with van der Waals surface area (Å²) in [6.45, 7) is 7.19. The summed E-state index contributed by atoms with van der Waals surface area (Å²) in [6.07, 6.45) is 1.79. The van der Waals surface area contributed by atoms with Gasteiger partial charge in [0.2, 0.25) is 17.6 Å². The number of likely N-dealkylation sites (tertiary alicyclic amines) is 1. The number of ketones is 1. The van der Waals surface area contributed by atoms with E-state index in [0.29, 0.717) is 34.9 Å². The SMILES string of the molecule is CCC[C@H](NC(=O)[C@@H]1C[C@]2(CC(c3ccccc3Oc3ccc(OC)cc3)=NO2)CN1C(=O)[C@@H](NC(=O)OCc1ccccc1)C(C)(C)C)C(=O)C(=O)NC1CC1. The molecule has 0 radical (unpaired) electrons. The summed E-state index contributed by atoms with van der Waals surface area (Å²) in [4.78, 5) is 75.9. The van der Waals surface area contributed by atoms with E-state index in [-0.39, 0.29) is 38.5 Å². The number of benzene rings is 3. The van der Waals surface area contributed by atoms with Crippen LogP contribution in [-0.4, -0.2) is 83.6 Å². The molecular formula is C43H51N5O9. The summed E-state index contributed by atoms with van der Waals surface area (Å²) in [7, 11) is 1.59. The second kappa shape index (κ2) is 17.5. The lowest BCUT2D eigenvalue weighted by Gasteiger charge is -2.35. The van der Waals surface area contributed by atoms with Gasteiger partial charge in [-0.2, -0.15) is 0 Å². The molecule has 1 aliphatic carbocycles. The molecule has 1 saturated carbocycles. The highest BCUT2D eigenvalue weighted by molar-refractivity contribution is 6.38. The lowest BCUT2D eigenvalue weighted by molar-refractivity contribution is -0.144. The number of nitrogens with zero attached hydrogens (tertiary/aromatic N) is 2. The predicted molar refractivity (Wildman–Crippen MR) is 211 cm³/mol. The van der Waals surface area contributed by atoms with Crippen LogP contribution in [0.1, 0.15) is 77.3 Å². The molecule has 57 heavy (non-hydrogen) atoms. The molecule has 3 aromatic carbocycles. The van der Waals surface area contributed by atoms with Crippen LogP contribution in [0.15, 0.2) is 84.0 Å². The summed E-state index contributed by atoms with van der Waals surface area (Å²) in [5.41, 5.74) is 0.0398.